The lowest BCUT2D eigenvalue weighted by atomic mass is 10.1. The fourth-order valence-corrected chi connectivity index (χ4v) is 1.89. The first kappa shape index (κ1) is 13.9. The Kier molecular flexibility index (Phi) is 4.24. The van der Waals surface area contributed by atoms with Gasteiger partial charge in [0.2, 0.25) is 5.91 Å². The molecule has 1 amide bonds. The summed E-state index contributed by atoms with van der Waals surface area (Å²) in [5.41, 5.74) is 6.49. The number of carbonyl (C=O) groups excluding carboxylic acids is 1. The zero-order valence-corrected chi connectivity index (χ0v) is 11.5. The number of nitrogens with zero attached hydrogens (tertiary/aromatic N) is 2. The van der Waals surface area contributed by atoms with Gasteiger partial charge in [-0.3, -0.25) is 9.48 Å². The summed E-state index contributed by atoms with van der Waals surface area (Å²) in [5, 5.41) is 6.88. The molecule has 6 heteroatoms. The Labute approximate surface area is 117 Å². The van der Waals surface area contributed by atoms with E-state index in [0.717, 1.165) is 11.3 Å². The fourth-order valence-electron chi connectivity index (χ4n) is 1.89. The first-order chi connectivity index (χ1) is 9.58. The molecule has 1 aromatic heterocycles. The lowest BCUT2D eigenvalue weighted by Crippen LogP contribution is -2.30. The van der Waals surface area contributed by atoms with Gasteiger partial charge in [-0.1, -0.05) is 12.1 Å². The van der Waals surface area contributed by atoms with Crippen molar-refractivity contribution >= 4 is 11.7 Å². The number of nitrogen functional groups attached to an aromatic ring is 1. The number of ether oxygens (including phenoxy) is 1. The summed E-state index contributed by atoms with van der Waals surface area (Å²) in [6, 6.07) is 9.15. The maximum Gasteiger partial charge on any atom is 0.242 e. The van der Waals surface area contributed by atoms with E-state index in [9.17, 15) is 4.79 Å². The molecule has 0 radical (unpaired) electrons. The number of carbonyl (C=O) groups is 1. The molecule has 2 rings (SSSR count). The minimum Gasteiger partial charge on any atom is -0.497 e. The van der Waals surface area contributed by atoms with E-state index >= 15 is 0 Å². The Morgan fingerprint density at radius 1 is 1.50 bits per heavy atom. The molecule has 0 fully saturated rings. The van der Waals surface area contributed by atoms with Crippen LogP contribution in [0.1, 0.15) is 18.5 Å². The molecule has 20 heavy (non-hydrogen) atoms. The highest BCUT2D eigenvalue weighted by molar-refractivity contribution is 5.76. The zero-order valence-electron chi connectivity index (χ0n) is 11.5. The quantitative estimate of drug-likeness (QED) is 0.862. The predicted octanol–water partition coefficient (Wildman–Crippen LogP) is 1.35. The number of hydrogen-bond donors (Lipinski definition) is 2. The molecule has 0 saturated carbocycles. The summed E-state index contributed by atoms with van der Waals surface area (Å²) in [7, 11) is 1.62. The van der Waals surface area contributed by atoms with Gasteiger partial charge < -0.3 is 15.8 Å². The summed E-state index contributed by atoms with van der Waals surface area (Å²) in [5.74, 6) is 1.05. The molecule has 3 N–H and O–H groups in total. The van der Waals surface area contributed by atoms with E-state index in [2.05, 4.69) is 10.4 Å². The average molecular weight is 274 g/mol. The number of rotatable bonds is 5. The van der Waals surface area contributed by atoms with E-state index in [1.165, 1.54) is 4.68 Å². The molecule has 1 unspecified atom stereocenters. The SMILES string of the molecule is COc1cccc(C(C)NC(=O)Cn2ccc(N)n2)c1. The van der Waals surface area contributed by atoms with Crippen LogP contribution in [0.2, 0.25) is 0 Å². The molecule has 0 bridgehead atoms. The third-order valence-corrected chi connectivity index (χ3v) is 2.94. The van der Waals surface area contributed by atoms with Crippen LogP contribution in [0.3, 0.4) is 0 Å². The highest BCUT2D eigenvalue weighted by Crippen LogP contribution is 2.18. The van der Waals surface area contributed by atoms with Gasteiger partial charge >= 0.3 is 0 Å². The standard InChI is InChI=1S/C14H18N4O2/c1-10(11-4-3-5-12(8-11)20-2)16-14(19)9-18-7-6-13(15)17-18/h3-8,10H,9H2,1-2H3,(H2,15,17)(H,16,19). The number of nitrogens with two attached hydrogens (primary N) is 1. The Morgan fingerprint density at radius 3 is 2.95 bits per heavy atom. The number of anilines is 1. The number of methoxy groups -OCH3 is 1. The molecule has 1 atom stereocenters. The molecular formula is C14H18N4O2. The van der Waals surface area contributed by atoms with E-state index < -0.39 is 0 Å². The highest BCUT2D eigenvalue weighted by atomic mass is 16.5. The topological polar surface area (TPSA) is 82.2 Å². The normalized spacial score (nSPS) is 11.9. The summed E-state index contributed by atoms with van der Waals surface area (Å²) >= 11 is 0. The van der Waals surface area contributed by atoms with Crippen molar-refractivity contribution in [3.8, 4) is 5.75 Å². The maximum atomic E-state index is 11.9. The van der Waals surface area contributed by atoms with Gasteiger partial charge in [-0.15, -0.1) is 0 Å². The van der Waals surface area contributed by atoms with Crippen molar-refractivity contribution in [2.75, 3.05) is 12.8 Å². The van der Waals surface area contributed by atoms with Crippen molar-refractivity contribution in [2.24, 2.45) is 0 Å². The molecule has 0 aliphatic heterocycles. The molecule has 1 aromatic carbocycles. The number of nitrogens with one attached hydrogen (secondary N) is 1. The second-order valence-corrected chi connectivity index (χ2v) is 4.50. The van der Waals surface area contributed by atoms with Gasteiger partial charge in [0.25, 0.3) is 0 Å². The van der Waals surface area contributed by atoms with E-state index in [0.29, 0.717) is 5.82 Å². The van der Waals surface area contributed by atoms with Crippen LogP contribution in [0.25, 0.3) is 0 Å². The zero-order chi connectivity index (χ0) is 14.5. The van der Waals surface area contributed by atoms with Gasteiger partial charge in [0, 0.05) is 6.20 Å². The third-order valence-electron chi connectivity index (χ3n) is 2.94. The molecular weight excluding hydrogens is 256 g/mol. The summed E-state index contributed by atoms with van der Waals surface area (Å²) in [4.78, 5) is 11.9. The van der Waals surface area contributed by atoms with Crippen molar-refractivity contribution in [1.82, 2.24) is 15.1 Å². The minimum absolute atomic E-state index is 0.106. The first-order valence-electron chi connectivity index (χ1n) is 6.30. The van der Waals surface area contributed by atoms with Gasteiger partial charge in [0.1, 0.15) is 18.1 Å². The van der Waals surface area contributed by atoms with Gasteiger partial charge in [-0.05, 0) is 30.7 Å². The van der Waals surface area contributed by atoms with Crippen LogP contribution in [0.15, 0.2) is 36.5 Å². The second-order valence-electron chi connectivity index (χ2n) is 4.50. The van der Waals surface area contributed by atoms with Crippen LogP contribution < -0.4 is 15.8 Å². The van der Waals surface area contributed by atoms with Gasteiger partial charge in [-0.2, -0.15) is 5.10 Å². The number of benzene rings is 1. The van der Waals surface area contributed by atoms with Gasteiger partial charge in [0.05, 0.1) is 13.2 Å². The van der Waals surface area contributed by atoms with E-state index in [1.807, 2.05) is 31.2 Å². The first-order valence-corrected chi connectivity index (χ1v) is 6.30. The minimum atomic E-state index is -0.122. The molecule has 0 saturated heterocycles. The van der Waals surface area contributed by atoms with Crippen LogP contribution in [0, 0.1) is 0 Å². The second kappa shape index (κ2) is 6.10. The summed E-state index contributed by atoms with van der Waals surface area (Å²) in [6.45, 7) is 2.07. The smallest absolute Gasteiger partial charge is 0.242 e. The molecule has 2 aromatic rings. The van der Waals surface area contributed by atoms with E-state index in [-0.39, 0.29) is 18.5 Å². The van der Waals surface area contributed by atoms with Gasteiger partial charge in [-0.25, -0.2) is 0 Å². The lowest BCUT2D eigenvalue weighted by molar-refractivity contribution is -0.122. The predicted molar refractivity (Wildman–Crippen MR) is 76.2 cm³/mol. The molecule has 0 aliphatic rings. The van der Waals surface area contributed by atoms with Crippen molar-refractivity contribution in [1.29, 1.82) is 0 Å². The maximum absolute atomic E-state index is 11.9. The largest absolute Gasteiger partial charge is 0.497 e. The summed E-state index contributed by atoms with van der Waals surface area (Å²) in [6.07, 6.45) is 1.67. The van der Waals surface area contributed by atoms with Crippen LogP contribution >= 0.6 is 0 Å². The van der Waals surface area contributed by atoms with Crippen molar-refractivity contribution in [3.63, 3.8) is 0 Å². The van der Waals surface area contributed by atoms with Crippen LogP contribution in [-0.2, 0) is 11.3 Å². The number of hydrogen-bond acceptors (Lipinski definition) is 4. The lowest BCUT2D eigenvalue weighted by Gasteiger charge is -2.15. The molecule has 6 nitrogen and oxygen atoms in total. The van der Waals surface area contributed by atoms with Crippen molar-refractivity contribution in [2.45, 2.75) is 19.5 Å². The van der Waals surface area contributed by atoms with Crippen molar-refractivity contribution in [3.05, 3.63) is 42.1 Å². The molecule has 1 heterocycles. The monoisotopic (exact) mass is 274 g/mol. The molecule has 106 valence electrons. The number of aromatic nitrogens is 2. The van der Waals surface area contributed by atoms with E-state index in [4.69, 9.17) is 10.5 Å². The van der Waals surface area contributed by atoms with E-state index in [1.54, 1.807) is 19.4 Å². The Bertz CT molecular complexity index is 594. The Morgan fingerprint density at radius 2 is 2.30 bits per heavy atom. The van der Waals surface area contributed by atoms with Crippen LogP contribution in [-0.4, -0.2) is 22.8 Å². The van der Waals surface area contributed by atoms with Gasteiger partial charge in [0.15, 0.2) is 0 Å². The fraction of sp³-hybridized carbons (Fsp3) is 0.286. The highest BCUT2D eigenvalue weighted by Gasteiger charge is 2.11. The van der Waals surface area contributed by atoms with Crippen molar-refractivity contribution < 1.29 is 9.53 Å². The number of amides is 1. The molecule has 0 aliphatic carbocycles. The Hall–Kier alpha value is -2.50. The molecule has 0 spiro atoms. The van der Waals surface area contributed by atoms with Crippen LogP contribution in [0.5, 0.6) is 5.75 Å². The Balaban J connectivity index is 1.96. The summed E-state index contributed by atoms with van der Waals surface area (Å²) < 4.78 is 6.67. The van der Waals surface area contributed by atoms with Crippen LogP contribution in [0.4, 0.5) is 5.82 Å². The third kappa shape index (κ3) is 3.50. The average Bonchev–Trinajstić information content (AvgIpc) is 2.83.